The van der Waals surface area contributed by atoms with Crippen LogP contribution in [0.3, 0.4) is 0 Å². The number of carbonyl (C=O) groups excluding carboxylic acids is 1. The van der Waals surface area contributed by atoms with Gasteiger partial charge >= 0.3 is 0 Å². The highest BCUT2D eigenvalue weighted by molar-refractivity contribution is 5.92. The number of hydrogen-bond acceptors (Lipinski definition) is 4. The van der Waals surface area contributed by atoms with E-state index in [0.29, 0.717) is 5.69 Å². The smallest absolute Gasteiger partial charge is 0.170 e. The lowest BCUT2D eigenvalue weighted by atomic mass is 9.93. The van der Waals surface area contributed by atoms with Crippen LogP contribution in [0.1, 0.15) is 45.7 Å². The van der Waals surface area contributed by atoms with Gasteiger partial charge in [0.2, 0.25) is 0 Å². The largest absolute Gasteiger partial charge is 0.488 e. The van der Waals surface area contributed by atoms with Crippen molar-refractivity contribution < 1.29 is 9.53 Å². The summed E-state index contributed by atoms with van der Waals surface area (Å²) in [4.78, 5) is 11.4. The molecule has 1 aromatic heterocycles. The minimum atomic E-state index is 0.253. The third-order valence-corrected chi connectivity index (χ3v) is 5.92. The van der Waals surface area contributed by atoms with Crippen LogP contribution < -0.4 is 10.1 Å². The molecule has 1 fully saturated rings. The number of ether oxygens (including phenoxy) is 1. The molecule has 0 spiro atoms. The number of aldehydes is 1. The van der Waals surface area contributed by atoms with E-state index in [-0.39, 0.29) is 6.10 Å². The molecule has 0 aliphatic carbocycles. The predicted molar refractivity (Wildman–Crippen MR) is 118 cm³/mol. The zero-order valence-electron chi connectivity index (χ0n) is 17.1. The number of nitrogens with one attached hydrogen (secondary N) is 1. The molecule has 1 saturated heterocycles. The van der Waals surface area contributed by atoms with E-state index < -0.39 is 0 Å². The van der Waals surface area contributed by atoms with Crippen molar-refractivity contribution >= 4 is 17.6 Å². The normalized spacial score (nSPS) is 16.6. The van der Waals surface area contributed by atoms with Crippen LogP contribution in [0, 0.1) is 6.92 Å². The van der Waals surface area contributed by atoms with Gasteiger partial charge in [-0.25, -0.2) is 4.68 Å². The summed E-state index contributed by atoms with van der Waals surface area (Å²) >= 11 is 0. The molecule has 5 heteroatoms. The molecule has 0 saturated carbocycles. The molecule has 0 unspecified atom stereocenters. The Labute approximate surface area is 176 Å². The fourth-order valence-corrected chi connectivity index (χ4v) is 4.26. The van der Waals surface area contributed by atoms with Crippen molar-refractivity contribution in [2.75, 3.05) is 13.1 Å². The maximum atomic E-state index is 11.4. The quantitative estimate of drug-likeness (QED) is 0.656. The van der Waals surface area contributed by atoms with Crippen molar-refractivity contribution in [3.05, 3.63) is 82.7 Å². The van der Waals surface area contributed by atoms with E-state index in [1.165, 1.54) is 16.7 Å². The number of rotatable bonds is 5. The lowest BCUT2D eigenvalue weighted by Crippen LogP contribution is -2.50. The van der Waals surface area contributed by atoms with E-state index in [1.807, 2.05) is 22.9 Å². The van der Waals surface area contributed by atoms with E-state index >= 15 is 0 Å². The SMILES string of the molecule is Cc1ccccc1C1=C(c2ccc(OC3CNC3)cc2)n2nc(C=O)cc2CCC1. The van der Waals surface area contributed by atoms with Crippen LogP contribution in [0.15, 0.2) is 54.6 Å². The van der Waals surface area contributed by atoms with Gasteiger partial charge in [-0.2, -0.15) is 5.10 Å². The second kappa shape index (κ2) is 7.92. The number of fused-ring (bicyclic) bond motifs is 1. The Bertz CT molecular complexity index is 1110. The number of carbonyl (C=O) groups is 1. The van der Waals surface area contributed by atoms with Crippen molar-refractivity contribution in [2.45, 2.75) is 32.3 Å². The lowest BCUT2D eigenvalue weighted by Gasteiger charge is -2.27. The lowest BCUT2D eigenvalue weighted by molar-refractivity contribution is 0.111. The number of nitrogens with zero attached hydrogens (tertiary/aromatic N) is 2. The second-order valence-electron chi connectivity index (χ2n) is 8.01. The molecule has 0 atom stereocenters. The third kappa shape index (κ3) is 3.46. The van der Waals surface area contributed by atoms with Crippen molar-refractivity contribution in [1.82, 2.24) is 15.1 Å². The Morgan fingerprint density at radius 3 is 2.60 bits per heavy atom. The number of hydrogen-bond donors (Lipinski definition) is 1. The summed E-state index contributed by atoms with van der Waals surface area (Å²) in [5.74, 6) is 0.881. The molecule has 2 aliphatic heterocycles. The highest BCUT2D eigenvalue weighted by Gasteiger charge is 2.23. The van der Waals surface area contributed by atoms with Crippen molar-refractivity contribution in [3.63, 3.8) is 0 Å². The number of allylic oxidation sites excluding steroid dienone is 1. The molecule has 0 bridgehead atoms. The van der Waals surface area contributed by atoms with Gasteiger partial charge in [0.05, 0.1) is 5.70 Å². The summed E-state index contributed by atoms with van der Waals surface area (Å²) < 4.78 is 7.97. The average Bonchev–Trinajstić information content (AvgIpc) is 3.06. The second-order valence-corrected chi connectivity index (χ2v) is 8.01. The first-order valence-corrected chi connectivity index (χ1v) is 10.5. The van der Waals surface area contributed by atoms with Crippen LogP contribution in [0.4, 0.5) is 0 Å². The van der Waals surface area contributed by atoms with Crippen molar-refractivity contribution in [2.24, 2.45) is 0 Å². The Hall–Kier alpha value is -3.18. The van der Waals surface area contributed by atoms with Gasteiger partial charge < -0.3 is 10.1 Å². The molecule has 2 aliphatic rings. The Kier molecular flexibility index (Phi) is 4.97. The third-order valence-electron chi connectivity index (χ3n) is 5.92. The zero-order valence-corrected chi connectivity index (χ0v) is 17.1. The van der Waals surface area contributed by atoms with Crippen LogP contribution in [-0.4, -0.2) is 35.3 Å². The van der Waals surface area contributed by atoms with Gasteiger partial charge in [0, 0.05) is 24.3 Å². The molecule has 152 valence electrons. The molecule has 0 radical (unpaired) electrons. The summed E-state index contributed by atoms with van der Waals surface area (Å²) in [7, 11) is 0. The molecule has 2 aromatic carbocycles. The molecular formula is C25H25N3O2. The molecule has 5 nitrogen and oxygen atoms in total. The molecule has 3 heterocycles. The van der Waals surface area contributed by atoms with E-state index in [0.717, 1.165) is 61.3 Å². The van der Waals surface area contributed by atoms with Crippen LogP contribution in [-0.2, 0) is 6.42 Å². The minimum absolute atomic E-state index is 0.253. The summed E-state index contributed by atoms with van der Waals surface area (Å²) in [6.45, 7) is 3.94. The van der Waals surface area contributed by atoms with Gasteiger partial charge in [0.15, 0.2) is 6.29 Å². The van der Waals surface area contributed by atoms with E-state index in [4.69, 9.17) is 4.74 Å². The molecular weight excluding hydrogens is 374 g/mol. The summed E-state index contributed by atoms with van der Waals surface area (Å²) in [5, 5.41) is 7.86. The highest BCUT2D eigenvalue weighted by atomic mass is 16.5. The first kappa shape index (κ1) is 18.8. The maximum absolute atomic E-state index is 11.4. The van der Waals surface area contributed by atoms with Gasteiger partial charge in [-0.3, -0.25) is 4.79 Å². The summed E-state index contributed by atoms with van der Waals surface area (Å²) in [5.41, 5.74) is 7.45. The molecule has 3 aromatic rings. The minimum Gasteiger partial charge on any atom is -0.488 e. The molecule has 30 heavy (non-hydrogen) atoms. The number of aromatic nitrogens is 2. The zero-order chi connectivity index (χ0) is 20.5. The van der Waals surface area contributed by atoms with Crippen LogP contribution >= 0.6 is 0 Å². The van der Waals surface area contributed by atoms with Gasteiger partial charge in [-0.15, -0.1) is 0 Å². The monoisotopic (exact) mass is 399 g/mol. The van der Waals surface area contributed by atoms with E-state index in [9.17, 15) is 4.79 Å². The predicted octanol–water partition coefficient (Wildman–Crippen LogP) is 4.11. The van der Waals surface area contributed by atoms with E-state index in [1.54, 1.807) is 0 Å². The molecule has 5 rings (SSSR count). The van der Waals surface area contributed by atoms with Gasteiger partial charge in [0.1, 0.15) is 17.5 Å². The number of aryl methyl sites for hydroxylation is 2. The van der Waals surface area contributed by atoms with E-state index in [2.05, 4.69) is 53.7 Å². The van der Waals surface area contributed by atoms with Gasteiger partial charge in [0.25, 0.3) is 0 Å². The Morgan fingerprint density at radius 2 is 1.90 bits per heavy atom. The Morgan fingerprint density at radius 1 is 1.10 bits per heavy atom. The van der Waals surface area contributed by atoms with Crippen molar-refractivity contribution in [3.8, 4) is 5.75 Å². The van der Waals surface area contributed by atoms with Crippen LogP contribution in [0.2, 0.25) is 0 Å². The summed E-state index contributed by atoms with van der Waals surface area (Å²) in [6.07, 6.45) is 3.97. The van der Waals surface area contributed by atoms with Gasteiger partial charge in [-0.1, -0.05) is 24.3 Å². The number of benzene rings is 2. The summed E-state index contributed by atoms with van der Waals surface area (Å²) in [6, 6.07) is 18.7. The standard InChI is InChI=1S/C25H25N3O2/c1-17-5-2-3-7-23(17)24-8-4-6-20-13-19(16-29)27-28(20)25(24)18-9-11-21(12-10-18)30-22-14-26-15-22/h2-3,5,7,9-13,16,22,26H,4,6,8,14-15H2,1H3. The topological polar surface area (TPSA) is 56.1 Å². The first-order chi connectivity index (χ1) is 14.7. The van der Waals surface area contributed by atoms with Crippen LogP contribution in [0.25, 0.3) is 11.3 Å². The fourth-order valence-electron chi connectivity index (χ4n) is 4.26. The van der Waals surface area contributed by atoms with Gasteiger partial charge in [-0.05, 0) is 73.2 Å². The van der Waals surface area contributed by atoms with Crippen LogP contribution in [0.5, 0.6) is 5.75 Å². The average molecular weight is 399 g/mol. The molecule has 1 N–H and O–H groups in total. The first-order valence-electron chi connectivity index (χ1n) is 10.5. The molecule has 0 amide bonds. The maximum Gasteiger partial charge on any atom is 0.170 e. The Balaban J connectivity index is 1.65. The highest BCUT2D eigenvalue weighted by Crippen LogP contribution is 2.37. The fraction of sp³-hybridized carbons (Fsp3) is 0.280. The van der Waals surface area contributed by atoms with Crippen molar-refractivity contribution in [1.29, 1.82) is 0 Å².